The van der Waals surface area contributed by atoms with Gasteiger partial charge in [0.25, 0.3) is 0 Å². The van der Waals surface area contributed by atoms with Gasteiger partial charge < -0.3 is 5.11 Å². The van der Waals surface area contributed by atoms with E-state index in [1.54, 1.807) is 0 Å². The zero-order chi connectivity index (χ0) is 16.1. The predicted octanol–water partition coefficient (Wildman–Crippen LogP) is 3.71. The van der Waals surface area contributed by atoms with E-state index in [1.165, 1.54) is 15.9 Å². The molecule has 0 aromatic heterocycles. The maximum atomic E-state index is 11.2. The van der Waals surface area contributed by atoms with E-state index < -0.39 is 13.1 Å². The maximum Gasteiger partial charge on any atom is 0.178 e. The minimum Gasteiger partial charge on any atom is -0.358 e. The van der Waals surface area contributed by atoms with Crippen LogP contribution in [0.25, 0.3) is 0 Å². The first-order chi connectivity index (χ1) is 11.3. The van der Waals surface area contributed by atoms with Crippen LogP contribution in [-0.2, 0) is 17.1 Å². The molecule has 0 aliphatic carbocycles. The van der Waals surface area contributed by atoms with Crippen LogP contribution < -0.4 is 15.9 Å². The summed E-state index contributed by atoms with van der Waals surface area (Å²) >= 11 is 0. The minimum absolute atomic E-state index is 0. The quantitative estimate of drug-likeness (QED) is 0.525. The molecule has 0 bridgehead atoms. The number of hydrogen-bond donors (Lipinski definition) is 1. The average Bonchev–Trinajstić information content (AvgIpc) is 2.65. The Morgan fingerprint density at radius 3 is 1.21 bits per heavy atom. The van der Waals surface area contributed by atoms with Crippen LogP contribution in [0.1, 0.15) is 13.3 Å². The van der Waals surface area contributed by atoms with Crippen molar-refractivity contribution in [3.8, 4) is 0 Å². The topological polar surface area (TPSA) is 20.2 Å². The van der Waals surface area contributed by atoms with E-state index in [-0.39, 0.29) is 17.1 Å². The SMILES string of the molecule is CCC(O)[P+](c1ccccc1)(c1ccccc1)c1ccccc1.[Cu]. The first-order valence-corrected chi connectivity index (χ1v) is 9.89. The third-order valence-electron chi connectivity index (χ3n) is 4.30. The van der Waals surface area contributed by atoms with Crippen LogP contribution in [0, 0.1) is 0 Å². The van der Waals surface area contributed by atoms with Gasteiger partial charge in [0, 0.05) is 23.5 Å². The summed E-state index contributed by atoms with van der Waals surface area (Å²) in [7, 11) is -2.09. The summed E-state index contributed by atoms with van der Waals surface area (Å²) in [6, 6.07) is 31.5. The number of hydrogen-bond acceptors (Lipinski definition) is 1. The zero-order valence-electron chi connectivity index (χ0n) is 13.6. The monoisotopic (exact) mass is 384 g/mol. The molecule has 3 rings (SSSR count). The molecule has 0 aliphatic rings. The van der Waals surface area contributed by atoms with E-state index >= 15 is 0 Å². The summed E-state index contributed by atoms with van der Waals surface area (Å²) in [6.07, 6.45) is 0.729. The summed E-state index contributed by atoms with van der Waals surface area (Å²) in [5.41, 5.74) is 0. The first-order valence-electron chi connectivity index (χ1n) is 8.03. The normalized spacial score (nSPS) is 12.2. The first kappa shape index (κ1) is 18.9. The van der Waals surface area contributed by atoms with E-state index in [0.29, 0.717) is 0 Å². The molecule has 1 radical (unpaired) electrons. The summed E-state index contributed by atoms with van der Waals surface area (Å²) in [6.45, 7) is 2.06. The van der Waals surface area contributed by atoms with Crippen molar-refractivity contribution in [2.24, 2.45) is 0 Å². The Morgan fingerprint density at radius 2 is 0.958 bits per heavy atom. The summed E-state index contributed by atoms with van der Waals surface area (Å²) in [5.74, 6) is -0.394. The van der Waals surface area contributed by atoms with Crippen molar-refractivity contribution in [3.63, 3.8) is 0 Å². The molecule has 1 unspecified atom stereocenters. The molecular weight excluding hydrogens is 363 g/mol. The van der Waals surface area contributed by atoms with Gasteiger partial charge in [0.15, 0.2) is 5.85 Å². The number of aliphatic hydroxyl groups excluding tert-OH is 1. The summed E-state index contributed by atoms with van der Waals surface area (Å²) < 4.78 is 0. The fourth-order valence-electron chi connectivity index (χ4n) is 3.23. The molecule has 127 valence electrons. The molecule has 3 aromatic rings. The molecule has 1 N–H and O–H groups in total. The van der Waals surface area contributed by atoms with Crippen LogP contribution in [0.2, 0.25) is 0 Å². The smallest absolute Gasteiger partial charge is 0.178 e. The van der Waals surface area contributed by atoms with Gasteiger partial charge in [-0.05, 0) is 36.4 Å². The Labute approximate surface area is 155 Å². The van der Waals surface area contributed by atoms with E-state index in [4.69, 9.17) is 0 Å². The van der Waals surface area contributed by atoms with Crippen molar-refractivity contribution in [3.05, 3.63) is 91.0 Å². The van der Waals surface area contributed by atoms with Crippen LogP contribution >= 0.6 is 7.26 Å². The average molecular weight is 385 g/mol. The third kappa shape index (κ3) is 3.34. The molecule has 3 heteroatoms. The largest absolute Gasteiger partial charge is 0.358 e. The molecule has 1 atom stereocenters. The van der Waals surface area contributed by atoms with Crippen molar-refractivity contribution in [1.82, 2.24) is 0 Å². The molecule has 3 aromatic carbocycles. The van der Waals surface area contributed by atoms with Crippen LogP contribution in [-0.4, -0.2) is 11.0 Å². The van der Waals surface area contributed by atoms with E-state index in [0.717, 1.165) is 6.42 Å². The molecule has 0 aliphatic heterocycles. The van der Waals surface area contributed by atoms with Crippen molar-refractivity contribution in [2.75, 3.05) is 0 Å². The molecule has 0 heterocycles. The van der Waals surface area contributed by atoms with Crippen LogP contribution in [0.4, 0.5) is 0 Å². The van der Waals surface area contributed by atoms with Gasteiger partial charge in [-0.1, -0.05) is 61.5 Å². The molecule has 0 spiro atoms. The molecular formula is C21H22CuOP+. The van der Waals surface area contributed by atoms with Gasteiger partial charge in [0.1, 0.15) is 23.2 Å². The standard InChI is InChI=1S/C21H22OP.Cu/c1-2-21(22)23(18-12-6-3-7-13-18,19-14-8-4-9-15-19)20-16-10-5-11-17-20;/h3-17,21-22H,2H2,1H3;/q+1;. The molecule has 24 heavy (non-hydrogen) atoms. The van der Waals surface area contributed by atoms with E-state index in [9.17, 15) is 5.11 Å². The summed E-state index contributed by atoms with van der Waals surface area (Å²) in [5, 5.41) is 14.9. The van der Waals surface area contributed by atoms with Crippen LogP contribution in [0.15, 0.2) is 91.0 Å². The van der Waals surface area contributed by atoms with Crippen molar-refractivity contribution in [1.29, 1.82) is 0 Å². The second kappa shape index (κ2) is 8.60. The van der Waals surface area contributed by atoms with Gasteiger partial charge in [-0.15, -0.1) is 0 Å². The predicted molar refractivity (Wildman–Crippen MR) is 101 cm³/mol. The van der Waals surface area contributed by atoms with E-state index in [2.05, 4.69) is 79.7 Å². The van der Waals surface area contributed by atoms with Crippen molar-refractivity contribution < 1.29 is 22.2 Å². The van der Waals surface area contributed by atoms with Crippen molar-refractivity contribution in [2.45, 2.75) is 19.2 Å². The third-order valence-corrected chi connectivity index (χ3v) is 8.90. The van der Waals surface area contributed by atoms with Crippen molar-refractivity contribution >= 4 is 23.2 Å². The van der Waals surface area contributed by atoms with Gasteiger partial charge in [-0.25, -0.2) is 0 Å². The molecule has 1 nitrogen and oxygen atoms in total. The molecule has 0 saturated carbocycles. The zero-order valence-corrected chi connectivity index (χ0v) is 15.5. The second-order valence-electron chi connectivity index (χ2n) is 5.62. The Balaban J connectivity index is 0.00000208. The van der Waals surface area contributed by atoms with Gasteiger partial charge in [0.2, 0.25) is 0 Å². The van der Waals surface area contributed by atoms with E-state index in [1.807, 2.05) is 18.2 Å². The molecule has 0 saturated heterocycles. The van der Waals surface area contributed by atoms with Gasteiger partial charge in [0.05, 0.1) is 0 Å². The van der Waals surface area contributed by atoms with Gasteiger partial charge in [-0.2, -0.15) is 0 Å². The number of aliphatic hydroxyl groups is 1. The fraction of sp³-hybridized carbons (Fsp3) is 0.143. The Hall–Kier alpha value is -1.43. The van der Waals surface area contributed by atoms with Crippen LogP contribution in [0.5, 0.6) is 0 Å². The Morgan fingerprint density at radius 1 is 0.667 bits per heavy atom. The molecule has 0 amide bonds. The van der Waals surface area contributed by atoms with Gasteiger partial charge in [-0.3, -0.25) is 0 Å². The summed E-state index contributed by atoms with van der Waals surface area (Å²) in [4.78, 5) is 0. The second-order valence-corrected chi connectivity index (χ2v) is 9.21. The number of rotatable bonds is 5. The maximum absolute atomic E-state index is 11.2. The molecule has 0 fully saturated rings. The Bertz CT molecular complexity index is 635. The Kier molecular flexibility index (Phi) is 6.78. The number of benzene rings is 3. The minimum atomic E-state index is -2.09. The van der Waals surface area contributed by atoms with Gasteiger partial charge >= 0.3 is 0 Å². The van der Waals surface area contributed by atoms with Crippen LogP contribution in [0.3, 0.4) is 0 Å². The fourth-order valence-corrected chi connectivity index (χ4v) is 7.63.